The second-order valence-electron chi connectivity index (χ2n) is 6.50. The lowest BCUT2D eigenvalue weighted by atomic mass is 10.1. The lowest BCUT2D eigenvalue weighted by Crippen LogP contribution is -2.24. The smallest absolute Gasteiger partial charge is 0.223 e. The van der Waals surface area contributed by atoms with Crippen LogP contribution in [0.4, 0.5) is 0 Å². The Labute approximate surface area is 152 Å². The Balaban J connectivity index is 1.76. The van der Waals surface area contributed by atoms with Crippen molar-refractivity contribution >= 4 is 28.5 Å². The number of halogens is 1. The highest BCUT2D eigenvalue weighted by atomic mass is 35.5. The summed E-state index contributed by atoms with van der Waals surface area (Å²) in [6.07, 6.45) is 0.539. The third-order valence-corrected chi connectivity index (χ3v) is 5.15. The van der Waals surface area contributed by atoms with Crippen LogP contribution in [0.15, 0.2) is 48.5 Å². The Kier molecular flexibility index (Phi) is 4.22. The van der Waals surface area contributed by atoms with E-state index in [1.807, 2.05) is 54.3 Å². The quantitative estimate of drug-likeness (QED) is 0.709. The summed E-state index contributed by atoms with van der Waals surface area (Å²) >= 11 is 6.01. The second-order valence-corrected chi connectivity index (χ2v) is 6.94. The van der Waals surface area contributed by atoms with Crippen LogP contribution in [0.2, 0.25) is 5.02 Å². The van der Waals surface area contributed by atoms with E-state index in [2.05, 4.69) is 10.6 Å². The van der Waals surface area contributed by atoms with E-state index in [1.54, 1.807) is 0 Å². The minimum Gasteiger partial charge on any atom is -0.342 e. The lowest BCUT2D eigenvalue weighted by Gasteiger charge is -2.15. The number of likely N-dealkylation sites (tertiary alicyclic amines) is 1. The van der Waals surface area contributed by atoms with Gasteiger partial charge in [0.1, 0.15) is 5.82 Å². The number of aromatic nitrogens is 2. The molecule has 0 spiro atoms. The molecule has 1 aromatic heterocycles. The molecule has 2 heterocycles. The molecular formula is C20H20ClN3O. The van der Waals surface area contributed by atoms with E-state index in [4.69, 9.17) is 16.6 Å². The van der Waals surface area contributed by atoms with E-state index in [0.717, 1.165) is 41.5 Å². The Hall–Kier alpha value is -2.33. The highest BCUT2D eigenvalue weighted by molar-refractivity contribution is 6.30. The first-order valence-electron chi connectivity index (χ1n) is 8.63. The molecule has 1 saturated heterocycles. The van der Waals surface area contributed by atoms with E-state index < -0.39 is 0 Å². The first-order chi connectivity index (χ1) is 12.2. The first kappa shape index (κ1) is 16.2. The number of hydrogen-bond donors (Lipinski definition) is 0. The third kappa shape index (κ3) is 3.02. The van der Waals surface area contributed by atoms with Crippen LogP contribution in [0, 0.1) is 0 Å². The Morgan fingerprint density at radius 2 is 1.92 bits per heavy atom. The summed E-state index contributed by atoms with van der Waals surface area (Å²) in [5.41, 5.74) is 3.26. The number of para-hydroxylation sites is 2. The van der Waals surface area contributed by atoms with Crippen LogP contribution in [-0.4, -0.2) is 33.4 Å². The number of nitrogens with zero attached hydrogens (tertiary/aromatic N) is 3. The predicted molar refractivity (Wildman–Crippen MR) is 99.9 cm³/mol. The molecule has 4 nitrogen and oxygen atoms in total. The van der Waals surface area contributed by atoms with E-state index in [0.29, 0.717) is 6.42 Å². The summed E-state index contributed by atoms with van der Waals surface area (Å²) in [5.74, 6) is 1.37. The van der Waals surface area contributed by atoms with Crippen LogP contribution < -0.4 is 0 Å². The number of imidazole rings is 1. The van der Waals surface area contributed by atoms with Crippen LogP contribution >= 0.6 is 11.6 Å². The van der Waals surface area contributed by atoms with Crippen LogP contribution in [0.25, 0.3) is 11.0 Å². The zero-order chi connectivity index (χ0) is 17.4. The minimum absolute atomic E-state index is 0.146. The Morgan fingerprint density at radius 1 is 1.16 bits per heavy atom. The van der Waals surface area contributed by atoms with Gasteiger partial charge in [-0.05, 0) is 36.8 Å². The normalized spacial score (nSPS) is 17.6. The summed E-state index contributed by atoms with van der Waals surface area (Å²) in [6.45, 7) is 4.26. The highest BCUT2D eigenvalue weighted by Gasteiger charge is 2.33. The van der Waals surface area contributed by atoms with Gasteiger partial charge in [-0.15, -0.1) is 0 Å². The van der Waals surface area contributed by atoms with Crippen molar-refractivity contribution in [1.29, 1.82) is 0 Å². The molecule has 1 fully saturated rings. The fourth-order valence-electron chi connectivity index (χ4n) is 3.60. The van der Waals surface area contributed by atoms with E-state index >= 15 is 0 Å². The maximum Gasteiger partial charge on any atom is 0.223 e. The van der Waals surface area contributed by atoms with Crippen LogP contribution in [0.5, 0.6) is 0 Å². The van der Waals surface area contributed by atoms with Crippen molar-refractivity contribution in [2.45, 2.75) is 25.8 Å². The maximum atomic E-state index is 12.2. The average molecular weight is 354 g/mol. The first-order valence-corrected chi connectivity index (χ1v) is 9.01. The van der Waals surface area contributed by atoms with Gasteiger partial charge in [-0.3, -0.25) is 4.79 Å². The molecule has 3 aromatic rings. The zero-order valence-electron chi connectivity index (χ0n) is 14.2. The molecule has 128 valence electrons. The Bertz CT molecular complexity index is 916. The molecule has 1 aliphatic rings. The SMILES string of the molecule is CCN1CC(c2nc3ccccc3n2Cc2ccc(Cl)cc2)CC1=O. The van der Waals surface area contributed by atoms with Gasteiger partial charge in [0.15, 0.2) is 0 Å². The number of carbonyl (C=O) groups is 1. The molecule has 0 bridgehead atoms. The molecular weight excluding hydrogens is 334 g/mol. The van der Waals surface area contributed by atoms with Gasteiger partial charge in [0.2, 0.25) is 5.91 Å². The third-order valence-electron chi connectivity index (χ3n) is 4.90. The van der Waals surface area contributed by atoms with Gasteiger partial charge < -0.3 is 9.47 Å². The van der Waals surface area contributed by atoms with Crippen molar-refractivity contribution in [3.05, 3.63) is 64.9 Å². The molecule has 1 atom stereocenters. The molecule has 25 heavy (non-hydrogen) atoms. The largest absolute Gasteiger partial charge is 0.342 e. The maximum absolute atomic E-state index is 12.2. The minimum atomic E-state index is 0.146. The van der Waals surface area contributed by atoms with E-state index in [9.17, 15) is 4.79 Å². The standard InChI is InChI=1S/C20H20ClN3O/c1-2-23-13-15(11-19(23)25)20-22-17-5-3-4-6-18(17)24(20)12-14-7-9-16(21)10-8-14/h3-10,15H,2,11-13H2,1H3. The number of fused-ring (bicyclic) bond motifs is 1. The van der Waals surface area contributed by atoms with Gasteiger partial charge in [-0.1, -0.05) is 35.9 Å². The molecule has 1 amide bonds. The fraction of sp³-hybridized carbons (Fsp3) is 0.300. The summed E-state index contributed by atoms with van der Waals surface area (Å²) in [6, 6.07) is 16.1. The predicted octanol–water partition coefficient (Wildman–Crippen LogP) is 4.07. The molecule has 0 saturated carbocycles. The highest BCUT2D eigenvalue weighted by Crippen LogP contribution is 2.30. The average Bonchev–Trinajstić information content (AvgIpc) is 3.17. The van der Waals surface area contributed by atoms with Gasteiger partial charge >= 0.3 is 0 Å². The summed E-state index contributed by atoms with van der Waals surface area (Å²) < 4.78 is 2.25. The summed E-state index contributed by atoms with van der Waals surface area (Å²) in [5, 5.41) is 0.736. The molecule has 0 radical (unpaired) electrons. The molecule has 0 N–H and O–H groups in total. The van der Waals surface area contributed by atoms with Gasteiger partial charge in [0.25, 0.3) is 0 Å². The van der Waals surface area contributed by atoms with Crippen LogP contribution in [-0.2, 0) is 11.3 Å². The van der Waals surface area contributed by atoms with Crippen molar-refractivity contribution in [2.75, 3.05) is 13.1 Å². The lowest BCUT2D eigenvalue weighted by molar-refractivity contribution is -0.127. The molecule has 0 aliphatic carbocycles. The Morgan fingerprint density at radius 3 is 2.64 bits per heavy atom. The van der Waals surface area contributed by atoms with Crippen molar-refractivity contribution in [3.63, 3.8) is 0 Å². The summed E-state index contributed by atoms with van der Waals surface area (Å²) in [4.78, 5) is 19.0. The van der Waals surface area contributed by atoms with E-state index in [-0.39, 0.29) is 11.8 Å². The molecule has 1 aliphatic heterocycles. The van der Waals surface area contributed by atoms with Gasteiger partial charge in [0, 0.05) is 37.0 Å². The molecule has 2 aromatic carbocycles. The summed E-state index contributed by atoms with van der Waals surface area (Å²) in [7, 11) is 0. The van der Waals surface area contributed by atoms with Crippen molar-refractivity contribution in [2.24, 2.45) is 0 Å². The van der Waals surface area contributed by atoms with Crippen LogP contribution in [0.3, 0.4) is 0 Å². The van der Waals surface area contributed by atoms with Crippen LogP contribution in [0.1, 0.15) is 30.7 Å². The number of rotatable bonds is 4. The number of carbonyl (C=O) groups excluding carboxylic acids is 1. The zero-order valence-corrected chi connectivity index (χ0v) is 14.9. The van der Waals surface area contributed by atoms with Gasteiger partial charge in [-0.2, -0.15) is 0 Å². The molecule has 4 rings (SSSR count). The van der Waals surface area contributed by atoms with Crippen molar-refractivity contribution < 1.29 is 4.79 Å². The topological polar surface area (TPSA) is 38.1 Å². The second kappa shape index (κ2) is 6.52. The van der Waals surface area contributed by atoms with Gasteiger partial charge in [0.05, 0.1) is 11.0 Å². The molecule has 5 heteroatoms. The van der Waals surface area contributed by atoms with Crippen molar-refractivity contribution in [1.82, 2.24) is 14.5 Å². The van der Waals surface area contributed by atoms with Crippen molar-refractivity contribution in [3.8, 4) is 0 Å². The van der Waals surface area contributed by atoms with Gasteiger partial charge in [-0.25, -0.2) is 4.98 Å². The molecule has 1 unspecified atom stereocenters. The monoisotopic (exact) mass is 353 g/mol. The number of benzene rings is 2. The fourth-order valence-corrected chi connectivity index (χ4v) is 3.72. The number of likely N-dealkylation sites (N-methyl/N-ethyl adjacent to an activating group) is 1. The number of amides is 1. The number of hydrogen-bond acceptors (Lipinski definition) is 2. The van der Waals surface area contributed by atoms with E-state index in [1.165, 1.54) is 5.56 Å².